The molecule has 9 heteroatoms. The minimum Gasteiger partial charge on any atom is -0.300 e. The van der Waals surface area contributed by atoms with Crippen LogP contribution in [0.1, 0.15) is 19.4 Å². The van der Waals surface area contributed by atoms with Gasteiger partial charge < -0.3 is 0 Å². The molecule has 0 unspecified atom stereocenters. The Morgan fingerprint density at radius 1 is 1.30 bits per heavy atom. The number of anilines is 1. The van der Waals surface area contributed by atoms with E-state index in [0.717, 1.165) is 9.90 Å². The summed E-state index contributed by atoms with van der Waals surface area (Å²) in [4.78, 5) is 11.8. The molecule has 0 spiro atoms. The third-order valence-corrected chi connectivity index (χ3v) is 6.40. The fourth-order valence-corrected chi connectivity index (χ4v) is 4.59. The van der Waals surface area contributed by atoms with Gasteiger partial charge in [0.05, 0.1) is 5.75 Å². The molecule has 4 nitrogen and oxygen atoms in total. The second kappa shape index (κ2) is 9.13. The monoisotopic (exact) mass is 407 g/mol. The maximum Gasteiger partial charge on any atom is 0.236 e. The Hall–Kier alpha value is -0.470. The molecule has 0 saturated carbocycles. The quantitative estimate of drug-likeness (QED) is 0.503. The summed E-state index contributed by atoms with van der Waals surface area (Å²) in [5.74, 6) is 0.949. The van der Waals surface area contributed by atoms with Crippen molar-refractivity contribution in [3.63, 3.8) is 0 Å². The standard InChI is InChI=1S/C14H15Cl2N3OS3/c1-8(2)21-7-12(20)17-13-18-19-14(23-13)22-6-9-10(15)4-3-5-11(9)16/h3-5,8H,6-7H2,1-2H3,(H,17,18,20). The van der Waals surface area contributed by atoms with Gasteiger partial charge in [-0.3, -0.25) is 10.1 Å². The molecule has 1 aromatic heterocycles. The Morgan fingerprint density at radius 3 is 2.65 bits per heavy atom. The summed E-state index contributed by atoms with van der Waals surface area (Å²) in [6.45, 7) is 4.11. The van der Waals surface area contributed by atoms with E-state index in [0.29, 0.717) is 31.9 Å². The zero-order valence-electron chi connectivity index (χ0n) is 12.5. The van der Waals surface area contributed by atoms with E-state index in [9.17, 15) is 4.79 Å². The number of halogens is 2. The summed E-state index contributed by atoms with van der Waals surface area (Å²) < 4.78 is 0.757. The molecular weight excluding hydrogens is 393 g/mol. The van der Waals surface area contributed by atoms with E-state index in [1.54, 1.807) is 11.8 Å². The fraction of sp³-hybridized carbons (Fsp3) is 0.357. The van der Waals surface area contributed by atoms with Crippen LogP contribution in [0.15, 0.2) is 22.5 Å². The SMILES string of the molecule is CC(C)SCC(=O)Nc1nnc(SCc2c(Cl)cccc2Cl)s1. The van der Waals surface area contributed by atoms with E-state index >= 15 is 0 Å². The maximum absolute atomic E-state index is 11.8. The average molecular weight is 408 g/mol. The first-order chi connectivity index (χ1) is 11.0. The average Bonchev–Trinajstić information content (AvgIpc) is 2.92. The van der Waals surface area contributed by atoms with Crippen molar-refractivity contribution in [3.05, 3.63) is 33.8 Å². The first kappa shape index (κ1) is 18.9. The molecule has 0 saturated heterocycles. The minimum atomic E-state index is -0.0643. The lowest BCUT2D eigenvalue weighted by Gasteiger charge is -2.04. The topological polar surface area (TPSA) is 54.9 Å². The predicted octanol–water partition coefficient (Wildman–Crippen LogP) is 5.22. The number of carbonyl (C=O) groups is 1. The van der Waals surface area contributed by atoms with Crippen LogP contribution in [-0.4, -0.2) is 27.1 Å². The van der Waals surface area contributed by atoms with E-state index in [2.05, 4.69) is 29.4 Å². The summed E-state index contributed by atoms with van der Waals surface area (Å²) in [5.41, 5.74) is 0.870. The molecule has 0 atom stereocenters. The Bertz CT molecular complexity index is 659. The van der Waals surface area contributed by atoms with Gasteiger partial charge in [-0.25, -0.2) is 0 Å². The van der Waals surface area contributed by atoms with Gasteiger partial charge in [0.25, 0.3) is 0 Å². The Labute approximate surface area is 157 Å². The van der Waals surface area contributed by atoms with E-state index < -0.39 is 0 Å². The Kier molecular flexibility index (Phi) is 7.49. The van der Waals surface area contributed by atoms with Gasteiger partial charge in [0.15, 0.2) is 4.34 Å². The highest BCUT2D eigenvalue weighted by Gasteiger charge is 2.11. The molecule has 0 fully saturated rings. The molecule has 1 aromatic carbocycles. The lowest BCUT2D eigenvalue weighted by Crippen LogP contribution is -2.15. The van der Waals surface area contributed by atoms with Gasteiger partial charge >= 0.3 is 0 Å². The Balaban J connectivity index is 1.89. The van der Waals surface area contributed by atoms with E-state index in [-0.39, 0.29) is 5.91 Å². The second-order valence-corrected chi connectivity index (χ2v) is 9.35. The van der Waals surface area contributed by atoms with Crippen LogP contribution in [0.2, 0.25) is 10.0 Å². The molecule has 0 aliphatic heterocycles. The van der Waals surface area contributed by atoms with Gasteiger partial charge in [0.2, 0.25) is 11.0 Å². The third kappa shape index (κ3) is 6.15. The van der Waals surface area contributed by atoms with Gasteiger partial charge in [-0.05, 0) is 22.9 Å². The van der Waals surface area contributed by atoms with E-state index in [1.165, 1.54) is 23.1 Å². The predicted molar refractivity (Wildman–Crippen MR) is 102 cm³/mol. The zero-order valence-corrected chi connectivity index (χ0v) is 16.5. The van der Waals surface area contributed by atoms with Crippen molar-refractivity contribution >= 4 is 69.1 Å². The van der Waals surface area contributed by atoms with Crippen LogP contribution in [-0.2, 0) is 10.5 Å². The summed E-state index contributed by atoms with van der Waals surface area (Å²) >= 11 is 16.7. The summed E-state index contributed by atoms with van der Waals surface area (Å²) in [7, 11) is 0. The number of thioether (sulfide) groups is 2. The van der Waals surface area contributed by atoms with Crippen LogP contribution in [0.5, 0.6) is 0 Å². The smallest absolute Gasteiger partial charge is 0.236 e. The normalized spacial score (nSPS) is 11.0. The highest BCUT2D eigenvalue weighted by molar-refractivity contribution is 8.00. The highest BCUT2D eigenvalue weighted by Crippen LogP contribution is 2.33. The number of nitrogens with one attached hydrogen (secondary N) is 1. The largest absolute Gasteiger partial charge is 0.300 e. The number of hydrogen-bond donors (Lipinski definition) is 1. The lowest BCUT2D eigenvalue weighted by atomic mass is 10.2. The van der Waals surface area contributed by atoms with E-state index in [4.69, 9.17) is 23.2 Å². The fourth-order valence-electron chi connectivity index (χ4n) is 1.52. The van der Waals surface area contributed by atoms with Crippen LogP contribution in [0.3, 0.4) is 0 Å². The summed E-state index contributed by atoms with van der Waals surface area (Å²) in [6.07, 6.45) is 0. The van der Waals surface area contributed by atoms with Crippen LogP contribution in [0.25, 0.3) is 0 Å². The minimum absolute atomic E-state index is 0.0643. The number of aromatic nitrogens is 2. The van der Waals surface area contributed by atoms with Crippen molar-refractivity contribution in [1.82, 2.24) is 10.2 Å². The molecule has 2 aromatic rings. The molecule has 2 rings (SSSR count). The summed E-state index contributed by atoms with van der Waals surface area (Å²) in [6, 6.07) is 5.43. The molecule has 0 aliphatic carbocycles. The third-order valence-electron chi connectivity index (χ3n) is 2.60. The van der Waals surface area contributed by atoms with Gasteiger partial charge in [-0.1, -0.05) is 66.2 Å². The molecular formula is C14H15Cl2N3OS3. The second-order valence-electron chi connectivity index (χ2n) is 4.77. The van der Waals surface area contributed by atoms with E-state index in [1.807, 2.05) is 18.2 Å². The first-order valence-corrected chi connectivity index (χ1v) is 10.4. The van der Waals surface area contributed by atoms with Crippen molar-refractivity contribution < 1.29 is 4.79 Å². The molecule has 0 radical (unpaired) electrons. The van der Waals surface area contributed by atoms with Crippen LogP contribution < -0.4 is 5.32 Å². The van der Waals surface area contributed by atoms with Gasteiger partial charge in [-0.15, -0.1) is 22.0 Å². The lowest BCUT2D eigenvalue weighted by molar-refractivity contribution is -0.113. The Morgan fingerprint density at radius 2 is 2.00 bits per heavy atom. The number of hydrogen-bond acceptors (Lipinski definition) is 6. The van der Waals surface area contributed by atoms with Crippen LogP contribution in [0, 0.1) is 0 Å². The summed E-state index contributed by atoms with van der Waals surface area (Å²) in [5, 5.41) is 13.0. The van der Waals surface area contributed by atoms with Crippen molar-refractivity contribution in [3.8, 4) is 0 Å². The van der Waals surface area contributed by atoms with Crippen molar-refractivity contribution in [2.75, 3.05) is 11.1 Å². The van der Waals surface area contributed by atoms with Gasteiger partial charge in [0, 0.05) is 15.8 Å². The van der Waals surface area contributed by atoms with Crippen LogP contribution >= 0.6 is 58.1 Å². The highest BCUT2D eigenvalue weighted by atomic mass is 35.5. The first-order valence-electron chi connectivity index (χ1n) is 6.76. The number of benzene rings is 1. The van der Waals surface area contributed by atoms with Crippen molar-refractivity contribution in [2.45, 2.75) is 29.2 Å². The van der Waals surface area contributed by atoms with Crippen LogP contribution in [0.4, 0.5) is 5.13 Å². The molecule has 1 heterocycles. The molecule has 23 heavy (non-hydrogen) atoms. The zero-order chi connectivity index (χ0) is 16.8. The molecule has 1 amide bonds. The maximum atomic E-state index is 11.8. The molecule has 0 bridgehead atoms. The van der Waals surface area contributed by atoms with Crippen molar-refractivity contribution in [1.29, 1.82) is 0 Å². The number of amides is 1. The molecule has 0 aliphatic rings. The number of rotatable bonds is 7. The molecule has 1 N–H and O–H groups in total. The molecule has 124 valence electrons. The van der Waals surface area contributed by atoms with Gasteiger partial charge in [-0.2, -0.15) is 0 Å². The number of nitrogens with zero attached hydrogens (tertiary/aromatic N) is 2. The van der Waals surface area contributed by atoms with Gasteiger partial charge in [0.1, 0.15) is 0 Å². The van der Waals surface area contributed by atoms with Crippen molar-refractivity contribution in [2.24, 2.45) is 0 Å². The number of carbonyl (C=O) groups excluding carboxylic acids is 1.